The van der Waals surface area contributed by atoms with Crippen LogP contribution >= 0.6 is 0 Å². The van der Waals surface area contributed by atoms with E-state index >= 15 is 0 Å². The number of hydrogen-bond acceptors (Lipinski definition) is 4. The molecule has 0 aliphatic heterocycles. The van der Waals surface area contributed by atoms with Gasteiger partial charge in [-0.1, -0.05) is 0 Å². The van der Waals surface area contributed by atoms with E-state index in [1.165, 1.54) is 19.0 Å². The van der Waals surface area contributed by atoms with Crippen LogP contribution in [-0.4, -0.2) is 42.1 Å². The molecule has 1 atom stereocenters. The van der Waals surface area contributed by atoms with Gasteiger partial charge < -0.3 is 15.4 Å². The number of ether oxygens (including phenoxy) is 1. The smallest absolute Gasteiger partial charge is 0.255 e. The maximum atomic E-state index is 12.5. The van der Waals surface area contributed by atoms with Crippen molar-refractivity contribution in [2.45, 2.75) is 25.8 Å². The first kappa shape index (κ1) is 13.8. The van der Waals surface area contributed by atoms with Gasteiger partial charge in [0.15, 0.2) is 0 Å². The molecule has 2 rings (SSSR count). The zero-order valence-corrected chi connectivity index (χ0v) is 11.5. The first-order valence-corrected chi connectivity index (χ1v) is 6.65. The number of rotatable bonds is 6. The van der Waals surface area contributed by atoms with Gasteiger partial charge >= 0.3 is 0 Å². The molecule has 19 heavy (non-hydrogen) atoms. The third-order valence-corrected chi connectivity index (χ3v) is 3.63. The van der Waals surface area contributed by atoms with E-state index in [4.69, 9.17) is 10.5 Å². The maximum Gasteiger partial charge on any atom is 0.255 e. The van der Waals surface area contributed by atoms with Gasteiger partial charge in [0.25, 0.3) is 5.91 Å². The van der Waals surface area contributed by atoms with Crippen LogP contribution in [0, 0.1) is 5.92 Å². The minimum atomic E-state index is 0.00366. The highest BCUT2D eigenvalue weighted by atomic mass is 16.5. The molecule has 1 aromatic rings. The van der Waals surface area contributed by atoms with Crippen molar-refractivity contribution in [1.29, 1.82) is 0 Å². The van der Waals surface area contributed by atoms with Crippen molar-refractivity contribution in [1.82, 2.24) is 9.88 Å². The third kappa shape index (κ3) is 3.44. The fraction of sp³-hybridized carbons (Fsp3) is 0.571. The monoisotopic (exact) mass is 263 g/mol. The summed E-state index contributed by atoms with van der Waals surface area (Å²) in [6.45, 7) is 3.26. The van der Waals surface area contributed by atoms with Gasteiger partial charge in [-0.05, 0) is 37.8 Å². The number of nitrogens with two attached hydrogens (primary N) is 1. The Labute approximate surface area is 113 Å². The largest absolute Gasteiger partial charge is 0.384 e. The van der Waals surface area contributed by atoms with Crippen LogP contribution in [0.15, 0.2) is 18.3 Å². The number of nitrogens with zero attached hydrogens (tertiary/aromatic N) is 2. The van der Waals surface area contributed by atoms with Crippen LogP contribution in [-0.2, 0) is 4.74 Å². The van der Waals surface area contributed by atoms with Crippen molar-refractivity contribution in [2.75, 3.05) is 26.0 Å². The van der Waals surface area contributed by atoms with Crippen LogP contribution in [0.3, 0.4) is 0 Å². The lowest BCUT2D eigenvalue weighted by molar-refractivity contribution is 0.0594. The second-order valence-corrected chi connectivity index (χ2v) is 5.04. The first-order valence-electron chi connectivity index (χ1n) is 6.65. The molecule has 104 valence electrons. The fourth-order valence-corrected chi connectivity index (χ4v) is 2.21. The Kier molecular flexibility index (Phi) is 4.37. The molecule has 1 aromatic heterocycles. The standard InChI is InChI=1S/C14H21N3O2/c1-10(11-3-4-11)17(7-8-19-2)14(18)12-5-6-13(15)16-9-12/h5-6,9-11H,3-4,7-8H2,1-2H3,(H2,15,16). The average Bonchev–Trinajstić information content (AvgIpc) is 3.23. The van der Waals surface area contributed by atoms with Gasteiger partial charge in [-0.2, -0.15) is 0 Å². The zero-order chi connectivity index (χ0) is 13.8. The Morgan fingerprint density at radius 3 is 2.84 bits per heavy atom. The molecule has 1 heterocycles. The van der Waals surface area contributed by atoms with Crippen LogP contribution in [0.2, 0.25) is 0 Å². The van der Waals surface area contributed by atoms with Gasteiger partial charge in [0, 0.05) is 25.9 Å². The second-order valence-electron chi connectivity index (χ2n) is 5.04. The molecule has 1 unspecified atom stereocenters. The Bertz CT molecular complexity index is 429. The fourth-order valence-electron chi connectivity index (χ4n) is 2.21. The van der Waals surface area contributed by atoms with Crippen molar-refractivity contribution in [3.8, 4) is 0 Å². The van der Waals surface area contributed by atoms with E-state index in [1.54, 1.807) is 19.2 Å². The number of carbonyl (C=O) groups is 1. The molecule has 0 aromatic carbocycles. The minimum Gasteiger partial charge on any atom is -0.384 e. The van der Waals surface area contributed by atoms with Crippen LogP contribution in [0.25, 0.3) is 0 Å². The molecule has 5 heteroatoms. The highest BCUT2D eigenvalue weighted by molar-refractivity contribution is 5.94. The summed E-state index contributed by atoms with van der Waals surface area (Å²) in [5.74, 6) is 1.06. The topological polar surface area (TPSA) is 68.5 Å². The van der Waals surface area contributed by atoms with Crippen molar-refractivity contribution >= 4 is 11.7 Å². The molecular formula is C14H21N3O2. The Morgan fingerprint density at radius 2 is 2.32 bits per heavy atom. The molecule has 0 saturated heterocycles. The summed E-state index contributed by atoms with van der Waals surface area (Å²) >= 11 is 0. The Morgan fingerprint density at radius 1 is 1.58 bits per heavy atom. The van der Waals surface area contributed by atoms with Crippen LogP contribution in [0.4, 0.5) is 5.82 Å². The lowest BCUT2D eigenvalue weighted by Gasteiger charge is -2.29. The molecular weight excluding hydrogens is 242 g/mol. The van der Waals surface area contributed by atoms with Gasteiger partial charge in [-0.25, -0.2) is 4.98 Å². The summed E-state index contributed by atoms with van der Waals surface area (Å²) in [5.41, 5.74) is 6.13. The predicted octanol–water partition coefficient (Wildman–Crippen LogP) is 1.55. The number of hydrogen-bond donors (Lipinski definition) is 1. The second kappa shape index (κ2) is 6.02. The molecule has 1 amide bonds. The summed E-state index contributed by atoms with van der Waals surface area (Å²) in [7, 11) is 1.65. The van der Waals surface area contributed by atoms with Gasteiger partial charge in [-0.15, -0.1) is 0 Å². The van der Waals surface area contributed by atoms with Crippen LogP contribution in [0.1, 0.15) is 30.1 Å². The van der Waals surface area contributed by atoms with Crippen LogP contribution < -0.4 is 5.73 Å². The average molecular weight is 263 g/mol. The van der Waals surface area contributed by atoms with E-state index in [-0.39, 0.29) is 11.9 Å². The van der Waals surface area contributed by atoms with E-state index < -0.39 is 0 Å². The number of carbonyl (C=O) groups excluding carboxylic acids is 1. The summed E-state index contributed by atoms with van der Waals surface area (Å²) in [5, 5.41) is 0. The van der Waals surface area contributed by atoms with E-state index in [0.29, 0.717) is 30.5 Å². The molecule has 1 aliphatic rings. The Balaban J connectivity index is 2.11. The minimum absolute atomic E-state index is 0.00366. The predicted molar refractivity (Wildman–Crippen MR) is 73.7 cm³/mol. The van der Waals surface area contributed by atoms with Gasteiger partial charge in [0.1, 0.15) is 5.82 Å². The van der Waals surface area contributed by atoms with Crippen molar-refractivity contribution < 1.29 is 9.53 Å². The van der Waals surface area contributed by atoms with Gasteiger partial charge in [0.2, 0.25) is 0 Å². The first-order chi connectivity index (χ1) is 9.13. The molecule has 0 spiro atoms. The summed E-state index contributed by atoms with van der Waals surface area (Å²) < 4.78 is 5.10. The molecule has 0 bridgehead atoms. The highest BCUT2D eigenvalue weighted by Crippen LogP contribution is 2.35. The maximum absolute atomic E-state index is 12.5. The molecule has 1 saturated carbocycles. The summed E-state index contributed by atoms with van der Waals surface area (Å²) in [4.78, 5) is 18.4. The van der Waals surface area contributed by atoms with E-state index in [2.05, 4.69) is 11.9 Å². The van der Waals surface area contributed by atoms with Crippen molar-refractivity contribution in [3.63, 3.8) is 0 Å². The number of methoxy groups -OCH3 is 1. The number of nitrogen functional groups attached to an aromatic ring is 1. The SMILES string of the molecule is COCCN(C(=O)c1ccc(N)nc1)C(C)C1CC1. The molecule has 1 aliphatic carbocycles. The Hall–Kier alpha value is -1.62. The van der Waals surface area contributed by atoms with Gasteiger partial charge in [-0.3, -0.25) is 4.79 Å². The number of amides is 1. The lowest BCUT2D eigenvalue weighted by Crippen LogP contribution is -2.42. The molecule has 2 N–H and O–H groups in total. The quantitative estimate of drug-likeness (QED) is 0.845. The summed E-state index contributed by atoms with van der Waals surface area (Å²) in [6, 6.07) is 3.63. The normalized spacial score (nSPS) is 16.1. The molecule has 5 nitrogen and oxygen atoms in total. The van der Waals surface area contributed by atoms with E-state index in [1.807, 2.05) is 4.90 Å². The van der Waals surface area contributed by atoms with Gasteiger partial charge in [0.05, 0.1) is 12.2 Å². The number of aromatic nitrogens is 1. The summed E-state index contributed by atoms with van der Waals surface area (Å²) in [6.07, 6.45) is 3.95. The third-order valence-electron chi connectivity index (χ3n) is 3.63. The highest BCUT2D eigenvalue weighted by Gasteiger charge is 2.34. The zero-order valence-electron chi connectivity index (χ0n) is 11.5. The van der Waals surface area contributed by atoms with E-state index in [0.717, 1.165) is 0 Å². The van der Waals surface area contributed by atoms with Crippen molar-refractivity contribution in [2.24, 2.45) is 5.92 Å². The number of anilines is 1. The molecule has 0 radical (unpaired) electrons. The van der Waals surface area contributed by atoms with E-state index in [9.17, 15) is 4.79 Å². The lowest BCUT2D eigenvalue weighted by atomic mass is 10.1. The molecule has 1 fully saturated rings. The van der Waals surface area contributed by atoms with Crippen molar-refractivity contribution in [3.05, 3.63) is 23.9 Å². The number of pyridine rings is 1. The van der Waals surface area contributed by atoms with Crippen LogP contribution in [0.5, 0.6) is 0 Å².